The highest BCUT2D eigenvalue weighted by atomic mass is 16.5. The van der Waals surface area contributed by atoms with Crippen LogP contribution in [0.1, 0.15) is 55.3 Å². The van der Waals surface area contributed by atoms with Crippen LogP contribution in [-0.2, 0) is 27.3 Å². The number of nitrogens with one attached hydrogen (secondary N) is 1. The Bertz CT molecular complexity index is 1050. The number of benzene rings is 1. The van der Waals surface area contributed by atoms with E-state index in [9.17, 15) is 14.9 Å². The van der Waals surface area contributed by atoms with Gasteiger partial charge in [0.15, 0.2) is 6.61 Å². The molecule has 2 rings (SSSR count). The number of aryl methyl sites for hydroxylation is 3. The molecule has 1 N–H and O–H groups in total. The number of esters is 1. The summed E-state index contributed by atoms with van der Waals surface area (Å²) in [7, 11) is 0. The number of nitriles is 1. The topological polar surface area (TPSA) is 84.1 Å². The molecule has 170 valence electrons. The molecule has 32 heavy (non-hydrogen) atoms. The molecule has 0 aliphatic heterocycles. The fraction of sp³-hybridized carbons (Fsp3) is 0.423. The molecule has 0 saturated heterocycles. The van der Waals surface area contributed by atoms with E-state index in [0.717, 1.165) is 53.2 Å². The second-order valence-electron chi connectivity index (χ2n) is 8.42. The quantitative estimate of drug-likeness (QED) is 0.337. The lowest BCUT2D eigenvalue weighted by atomic mass is 10.1. The lowest BCUT2D eigenvalue weighted by molar-refractivity contribution is -0.142. The third-order valence-electron chi connectivity index (χ3n) is 5.52. The zero-order valence-corrected chi connectivity index (χ0v) is 19.9. The number of rotatable bonds is 9. The van der Waals surface area contributed by atoms with E-state index >= 15 is 0 Å². The minimum atomic E-state index is -0.810. The van der Waals surface area contributed by atoms with Gasteiger partial charge in [0.05, 0.1) is 0 Å². The molecule has 1 heterocycles. The van der Waals surface area contributed by atoms with Gasteiger partial charge in [-0.05, 0) is 68.4 Å². The van der Waals surface area contributed by atoms with Crippen LogP contribution in [0.5, 0.6) is 0 Å². The zero-order chi connectivity index (χ0) is 23.8. The maximum atomic E-state index is 12.4. The number of ether oxygens (including phenoxy) is 1. The summed E-state index contributed by atoms with van der Waals surface area (Å²) in [5, 5.41) is 12.3. The van der Waals surface area contributed by atoms with Crippen LogP contribution < -0.4 is 5.32 Å². The fourth-order valence-corrected chi connectivity index (χ4v) is 3.58. The van der Waals surface area contributed by atoms with E-state index in [0.29, 0.717) is 5.92 Å². The predicted octanol–water partition coefficient (Wildman–Crippen LogP) is 5.11. The number of carbonyl (C=O) groups excluding carboxylic acids is 2. The second kappa shape index (κ2) is 11.3. The average molecular weight is 436 g/mol. The Morgan fingerprint density at radius 2 is 1.97 bits per heavy atom. The lowest BCUT2D eigenvalue weighted by Gasteiger charge is -2.13. The van der Waals surface area contributed by atoms with Crippen molar-refractivity contribution in [2.24, 2.45) is 5.92 Å². The highest BCUT2D eigenvalue weighted by molar-refractivity contribution is 6.00. The Morgan fingerprint density at radius 3 is 2.59 bits per heavy atom. The summed E-state index contributed by atoms with van der Waals surface area (Å²) < 4.78 is 7.31. The van der Waals surface area contributed by atoms with Crippen molar-refractivity contribution in [1.29, 1.82) is 5.26 Å². The van der Waals surface area contributed by atoms with Gasteiger partial charge < -0.3 is 14.6 Å². The minimum absolute atomic E-state index is 0.132. The van der Waals surface area contributed by atoms with Crippen molar-refractivity contribution in [3.05, 3.63) is 57.9 Å². The Balaban J connectivity index is 2.08. The number of anilines is 1. The molecule has 0 fully saturated rings. The first-order valence-corrected chi connectivity index (χ1v) is 11.0. The Labute approximate surface area is 190 Å². The summed E-state index contributed by atoms with van der Waals surface area (Å²) >= 11 is 0. The average Bonchev–Trinajstić information content (AvgIpc) is 3.02. The van der Waals surface area contributed by atoms with E-state index in [1.807, 2.05) is 58.0 Å². The molecule has 0 aliphatic rings. The van der Waals surface area contributed by atoms with E-state index in [4.69, 9.17) is 4.74 Å². The van der Waals surface area contributed by atoms with Gasteiger partial charge in [0.1, 0.15) is 11.6 Å². The maximum absolute atomic E-state index is 12.4. The number of carbonyl (C=O) groups is 2. The van der Waals surface area contributed by atoms with Crippen molar-refractivity contribution in [3.8, 4) is 6.07 Å². The van der Waals surface area contributed by atoms with Gasteiger partial charge in [-0.15, -0.1) is 0 Å². The molecule has 6 heteroatoms. The fourth-order valence-electron chi connectivity index (χ4n) is 3.58. The van der Waals surface area contributed by atoms with Crippen LogP contribution >= 0.6 is 0 Å². The molecule has 0 aliphatic carbocycles. The van der Waals surface area contributed by atoms with Gasteiger partial charge in [-0.1, -0.05) is 39.0 Å². The molecule has 1 aromatic carbocycles. The molecule has 0 atom stereocenters. The van der Waals surface area contributed by atoms with Crippen LogP contribution in [0.25, 0.3) is 6.08 Å². The van der Waals surface area contributed by atoms with Crippen molar-refractivity contribution in [3.63, 3.8) is 0 Å². The second-order valence-corrected chi connectivity index (χ2v) is 8.42. The Hall–Kier alpha value is -3.33. The summed E-state index contributed by atoms with van der Waals surface area (Å²) in [6.45, 7) is 12.7. The smallest absolute Gasteiger partial charge is 0.349 e. The number of nitrogens with zero attached hydrogens (tertiary/aromatic N) is 2. The molecule has 1 amide bonds. The summed E-state index contributed by atoms with van der Waals surface area (Å²) in [5.74, 6) is -0.666. The number of aromatic nitrogens is 1. The van der Waals surface area contributed by atoms with Gasteiger partial charge in [-0.3, -0.25) is 4.79 Å². The summed E-state index contributed by atoms with van der Waals surface area (Å²) in [4.78, 5) is 24.8. The molecule has 0 unspecified atom stereocenters. The van der Waals surface area contributed by atoms with Gasteiger partial charge >= 0.3 is 5.97 Å². The SMILES string of the molecule is CCc1cccc(C)c1NC(=O)COC(=O)/C(C#N)=C/c1cc(C)n(CCC(C)C)c1C. The van der Waals surface area contributed by atoms with E-state index in [1.165, 1.54) is 6.08 Å². The van der Waals surface area contributed by atoms with Gasteiger partial charge in [0.2, 0.25) is 0 Å². The van der Waals surface area contributed by atoms with Crippen LogP contribution in [0.15, 0.2) is 29.8 Å². The van der Waals surface area contributed by atoms with Crippen molar-refractivity contribution in [1.82, 2.24) is 4.57 Å². The normalized spacial score (nSPS) is 11.4. The molecule has 1 aromatic heterocycles. The molecule has 2 aromatic rings. The number of amides is 1. The zero-order valence-electron chi connectivity index (χ0n) is 19.9. The maximum Gasteiger partial charge on any atom is 0.349 e. The lowest BCUT2D eigenvalue weighted by Crippen LogP contribution is -2.22. The van der Waals surface area contributed by atoms with Gasteiger partial charge in [0.25, 0.3) is 5.91 Å². The van der Waals surface area contributed by atoms with Crippen molar-refractivity contribution >= 4 is 23.6 Å². The van der Waals surface area contributed by atoms with E-state index in [1.54, 1.807) is 0 Å². The van der Waals surface area contributed by atoms with Crippen molar-refractivity contribution in [2.45, 2.75) is 60.9 Å². The third kappa shape index (κ3) is 6.34. The number of para-hydroxylation sites is 1. The van der Waals surface area contributed by atoms with Crippen LogP contribution in [0.2, 0.25) is 0 Å². The van der Waals surface area contributed by atoms with Crippen LogP contribution in [0, 0.1) is 38.0 Å². The first kappa shape index (κ1) is 24.9. The van der Waals surface area contributed by atoms with Gasteiger partial charge in [0, 0.05) is 23.6 Å². The molecular weight excluding hydrogens is 402 g/mol. The number of hydrogen-bond acceptors (Lipinski definition) is 4. The van der Waals surface area contributed by atoms with E-state index in [-0.39, 0.29) is 5.57 Å². The Morgan fingerprint density at radius 1 is 1.25 bits per heavy atom. The highest BCUT2D eigenvalue weighted by Crippen LogP contribution is 2.22. The minimum Gasteiger partial charge on any atom is -0.451 e. The van der Waals surface area contributed by atoms with Crippen LogP contribution in [0.4, 0.5) is 5.69 Å². The predicted molar refractivity (Wildman–Crippen MR) is 127 cm³/mol. The molecule has 6 nitrogen and oxygen atoms in total. The van der Waals surface area contributed by atoms with Gasteiger partial charge in [-0.25, -0.2) is 4.79 Å². The highest BCUT2D eigenvalue weighted by Gasteiger charge is 2.16. The largest absolute Gasteiger partial charge is 0.451 e. The standard InChI is InChI=1S/C26H33N3O3/c1-7-21-10-8-9-18(4)25(21)28-24(30)16-32-26(31)23(15-27)14-22-13-19(5)29(20(22)6)12-11-17(2)3/h8-10,13-14,17H,7,11-12,16H2,1-6H3,(H,28,30)/b23-14+. The molecule has 0 saturated carbocycles. The molecule has 0 radical (unpaired) electrons. The molecule has 0 bridgehead atoms. The summed E-state index contributed by atoms with van der Waals surface area (Å²) in [6.07, 6.45) is 3.35. The first-order chi connectivity index (χ1) is 15.2. The first-order valence-electron chi connectivity index (χ1n) is 11.0. The molecule has 0 spiro atoms. The molecular formula is C26H33N3O3. The third-order valence-corrected chi connectivity index (χ3v) is 5.52. The van der Waals surface area contributed by atoms with Crippen molar-refractivity contribution in [2.75, 3.05) is 11.9 Å². The van der Waals surface area contributed by atoms with Crippen molar-refractivity contribution < 1.29 is 14.3 Å². The summed E-state index contributed by atoms with van der Waals surface area (Å²) in [5.41, 5.74) is 5.42. The van der Waals surface area contributed by atoms with E-state index < -0.39 is 18.5 Å². The summed E-state index contributed by atoms with van der Waals surface area (Å²) in [6, 6.07) is 9.66. The monoisotopic (exact) mass is 435 g/mol. The van der Waals surface area contributed by atoms with Crippen LogP contribution in [0.3, 0.4) is 0 Å². The van der Waals surface area contributed by atoms with Gasteiger partial charge in [-0.2, -0.15) is 5.26 Å². The number of hydrogen-bond donors (Lipinski definition) is 1. The van der Waals surface area contributed by atoms with Crippen LogP contribution in [-0.4, -0.2) is 23.1 Å². The van der Waals surface area contributed by atoms with E-state index in [2.05, 4.69) is 23.7 Å². The Kier molecular flexibility index (Phi) is 8.83.